The van der Waals surface area contributed by atoms with Crippen molar-refractivity contribution < 1.29 is 19.1 Å². The molecule has 0 atom stereocenters. The van der Waals surface area contributed by atoms with Crippen molar-refractivity contribution >= 4 is 56.1 Å². The zero-order chi connectivity index (χ0) is 21.9. The number of ether oxygens (including phenoxy) is 2. The van der Waals surface area contributed by atoms with Crippen molar-refractivity contribution in [2.45, 2.75) is 12.8 Å². The van der Waals surface area contributed by atoms with Crippen LogP contribution in [0.4, 0.5) is 0 Å². The Labute approximate surface area is 191 Å². The second kappa shape index (κ2) is 12.1. The first-order valence-corrected chi connectivity index (χ1v) is 10.3. The van der Waals surface area contributed by atoms with Crippen LogP contribution < -0.4 is 20.3 Å². The first-order valence-electron chi connectivity index (χ1n) is 8.74. The summed E-state index contributed by atoms with van der Waals surface area (Å²) < 4.78 is 12.2. The molecule has 8 nitrogen and oxygen atoms in total. The molecule has 10 heteroatoms. The fourth-order valence-corrected chi connectivity index (χ4v) is 3.06. The van der Waals surface area contributed by atoms with Crippen molar-refractivity contribution in [3.63, 3.8) is 0 Å². The highest BCUT2D eigenvalue weighted by Crippen LogP contribution is 2.22. The first kappa shape index (κ1) is 23.6. The second-order valence-corrected chi connectivity index (χ2v) is 7.69. The lowest BCUT2D eigenvalue weighted by atomic mass is 10.2. The number of amides is 2. The van der Waals surface area contributed by atoms with Gasteiger partial charge in [0.25, 0.3) is 0 Å². The van der Waals surface area contributed by atoms with Crippen LogP contribution in [0, 0.1) is 0 Å². The number of rotatable bonds is 9. The quantitative estimate of drug-likeness (QED) is 0.375. The predicted molar refractivity (Wildman–Crippen MR) is 122 cm³/mol. The molecule has 0 saturated heterocycles. The van der Waals surface area contributed by atoms with Gasteiger partial charge < -0.3 is 9.47 Å². The van der Waals surface area contributed by atoms with E-state index in [4.69, 9.17) is 9.47 Å². The molecule has 2 aromatic carbocycles. The van der Waals surface area contributed by atoms with Crippen molar-refractivity contribution in [3.05, 3.63) is 56.5 Å². The van der Waals surface area contributed by atoms with Gasteiger partial charge in [-0.2, -0.15) is 10.2 Å². The number of hydrogen-bond donors (Lipinski definition) is 2. The van der Waals surface area contributed by atoms with Gasteiger partial charge >= 0.3 is 0 Å². The Morgan fingerprint density at radius 2 is 1.23 bits per heavy atom. The molecule has 0 unspecified atom stereocenters. The maximum absolute atomic E-state index is 11.9. The summed E-state index contributed by atoms with van der Waals surface area (Å²) in [5, 5.41) is 7.79. The number of carbonyl (C=O) groups excluding carboxylic acids is 2. The third-order valence-electron chi connectivity index (χ3n) is 3.75. The largest absolute Gasteiger partial charge is 0.496 e. The summed E-state index contributed by atoms with van der Waals surface area (Å²) in [6, 6.07) is 10.8. The van der Waals surface area contributed by atoms with Crippen LogP contribution in [0.5, 0.6) is 11.5 Å². The van der Waals surface area contributed by atoms with Gasteiger partial charge in [-0.05, 0) is 36.4 Å². The molecule has 2 aromatic rings. The number of nitrogens with one attached hydrogen (secondary N) is 2. The highest BCUT2D eigenvalue weighted by atomic mass is 79.9. The van der Waals surface area contributed by atoms with Crippen LogP contribution in [0.3, 0.4) is 0 Å². The van der Waals surface area contributed by atoms with Crippen LogP contribution in [-0.2, 0) is 9.59 Å². The Kier molecular flexibility index (Phi) is 9.49. The van der Waals surface area contributed by atoms with Gasteiger partial charge in [-0.1, -0.05) is 31.9 Å². The first-order chi connectivity index (χ1) is 14.4. The predicted octanol–water partition coefficient (Wildman–Crippen LogP) is 3.61. The lowest BCUT2D eigenvalue weighted by molar-refractivity contribution is -0.126. The van der Waals surface area contributed by atoms with E-state index >= 15 is 0 Å². The van der Waals surface area contributed by atoms with Crippen LogP contribution in [-0.4, -0.2) is 38.5 Å². The van der Waals surface area contributed by atoms with Gasteiger partial charge in [0.1, 0.15) is 11.5 Å². The van der Waals surface area contributed by atoms with Gasteiger partial charge in [0, 0.05) is 32.9 Å². The second-order valence-electron chi connectivity index (χ2n) is 5.86. The highest BCUT2D eigenvalue weighted by molar-refractivity contribution is 9.10. The molecule has 2 amide bonds. The van der Waals surface area contributed by atoms with Crippen molar-refractivity contribution in [1.29, 1.82) is 0 Å². The summed E-state index contributed by atoms with van der Waals surface area (Å²) >= 11 is 6.73. The van der Waals surface area contributed by atoms with E-state index in [1.54, 1.807) is 38.5 Å². The van der Waals surface area contributed by atoms with Crippen LogP contribution in [0.2, 0.25) is 0 Å². The molecule has 2 rings (SSSR count). The molecular formula is C20H20Br2N4O4. The summed E-state index contributed by atoms with van der Waals surface area (Å²) in [6.45, 7) is 0. The minimum atomic E-state index is -0.395. The molecule has 0 spiro atoms. The number of methoxy groups -OCH3 is 2. The fraction of sp³-hybridized carbons (Fsp3) is 0.200. The zero-order valence-corrected chi connectivity index (χ0v) is 19.5. The summed E-state index contributed by atoms with van der Waals surface area (Å²) in [6.07, 6.45) is 2.87. The van der Waals surface area contributed by atoms with E-state index in [0.717, 1.165) is 8.95 Å². The standard InChI is InChI=1S/C20H20Br2N4O4/c1-29-17-5-3-15(21)9-13(17)11-23-25-19(27)7-8-20(28)26-24-12-14-10-16(22)4-6-18(14)30-2/h3-6,9-12H,7-8H2,1-2H3,(H,25,27)(H,26,28). The number of benzene rings is 2. The minimum Gasteiger partial charge on any atom is -0.496 e. The fourth-order valence-electron chi connectivity index (χ4n) is 2.30. The maximum atomic E-state index is 11.9. The van der Waals surface area contributed by atoms with E-state index < -0.39 is 11.8 Å². The van der Waals surface area contributed by atoms with E-state index in [1.807, 2.05) is 12.1 Å². The molecule has 0 aliphatic carbocycles. The van der Waals surface area contributed by atoms with Gasteiger partial charge in [-0.3, -0.25) is 9.59 Å². The topological polar surface area (TPSA) is 101 Å². The highest BCUT2D eigenvalue weighted by Gasteiger charge is 2.06. The lowest BCUT2D eigenvalue weighted by Crippen LogP contribution is -2.22. The van der Waals surface area contributed by atoms with Crippen molar-refractivity contribution in [2.24, 2.45) is 10.2 Å². The third kappa shape index (κ3) is 7.60. The van der Waals surface area contributed by atoms with Crippen molar-refractivity contribution in [2.75, 3.05) is 14.2 Å². The summed E-state index contributed by atoms with van der Waals surface area (Å²) in [5.74, 6) is 0.451. The van der Waals surface area contributed by atoms with Crippen molar-refractivity contribution in [3.8, 4) is 11.5 Å². The minimum absolute atomic E-state index is 0.0332. The molecule has 0 bridgehead atoms. The van der Waals surface area contributed by atoms with Crippen LogP contribution >= 0.6 is 31.9 Å². The van der Waals surface area contributed by atoms with E-state index in [0.29, 0.717) is 22.6 Å². The molecule has 30 heavy (non-hydrogen) atoms. The van der Waals surface area contributed by atoms with E-state index in [2.05, 4.69) is 52.9 Å². The van der Waals surface area contributed by atoms with Gasteiger partial charge in [0.2, 0.25) is 11.8 Å². The van der Waals surface area contributed by atoms with E-state index in [9.17, 15) is 9.59 Å². The smallest absolute Gasteiger partial charge is 0.240 e. The summed E-state index contributed by atoms with van der Waals surface area (Å²) in [4.78, 5) is 23.7. The zero-order valence-electron chi connectivity index (χ0n) is 16.3. The molecule has 2 N–H and O–H groups in total. The number of nitrogens with zero attached hydrogens (tertiary/aromatic N) is 2. The molecular weight excluding hydrogens is 520 g/mol. The van der Waals surface area contributed by atoms with E-state index in [-0.39, 0.29) is 12.8 Å². The van der Waals surface area contributed by atoms with E-state index in [1.165, 1.54) is 12.4 Å². The normalized spacial score (nSPS) is 10.9. The molecule has 0 aliphatic rings. The molecule has 0 fully saturated rings. The SMILES string of the molecule is COc1ccc(Br)cc1C=NNC(=O)CCC(=O)NN=Cc1cc(Br)ccc1OC. The third-order valence-corrected chi connectivity index (χ3v) is 4.73. The van der Waals surface area contributed by atoms with Gasteiger partial charge in [-0.15, -0.1) is 0 Å². The molecule has 0 radical (unpaired) electrons. The molecule has 158 valence electrons. The molecule has 0 aliphatic heterocycles. The molecule has 0 aromatic heterocycles. The van der Waals surface area contributed by atoms with Gasteiger partial charge in [0.05, 0.1) is 26.6 Å². The Morgan fingerprint density at radius 3 is 1.60 bits per heavy atom. The summed E-state index contributed by atoms with van der Waals surface area (Å²) in [5.41, 5.74) is 6.15. The Bertz CT molecular complexity index is 886. The lowest BCUT2D eigenvalue weighted by Gasteiger charge is -2.05. The molecule has 0 saturated carbocycles. The molecule has 0 heterocycles. The van der Waals surface area contributed by atoms with Crippen LogP contribution in [0.1, 0.15) is 24.0 Å². The number of hydrogen-bond acceptors (Lipinski definition) is 6. The number of carbonyl (C=O) groups is 2. The van der Waals surface area contributed by atoms with Crippen LogP contribution in [0.15, 0.2) is 55.5 Å². The average Bonchev–Trinajstić information content (AvgIpc) is 2.72. The monoisotopic (exact) mass is 538 g/mol. The Hall–Kier alpha value is -2.72. The van der Waals surface area contributed by atoms with Gasteiger partial charge in [-0.25, -0.2) is 10.9 Å². The average molecular weight is 540 g/mol. The number of hydrazone groups is 2. The number of halogens is 2. The van der Waals surface area contributed by atoms with Crippen LogP contribution in [0.25, 0.3) is 0 Å². The van der Waals surface area contributed by atoms with Gasteiger partial charge in [0.15, 0.2) is 0 Å². The summed E-state index contributed by atoms with van der Waals surface area (Å²) in [7, 11) is 3.10. The Morgan fingerprint density at radius 1 is 0.833 bits per heavy atom. The van der Waals surface area contributed by atoms with Crippen molar-refractivity contribution in [1.82, 2.24) is 10.9 Å². The Balaban J connectivity index is 1.79. The maximum Gasteiger partial charge on any atom is 0.240 e.